The quantitative estimate of drug-likeness (QED) is 0.778. The van der Waals surface area contributed by atoms with Gasteiger partial charge in [-0.25, -0.2) is 0 Å². The summed E-state index contributed by atoms with van der Waals surface area (Å²) in [5, 5.41) is 0. The molecule has 0 saturated carbocycles. The molecule has 2 aliphatic heterocycles. The SMILES string of the molecule is Cc1cc(N2CCOCC2=O)cc(C)c1B1OC(C)(C)C(C)(C)O1. The summed E-state index contributed by atoms with van der Waals surface area (Å²) < 4.78 is 17.6. The van der Waals surface area contributed by atoms with Gasteiger partial charge in [0.1, 0.15) is 6.61 Å². The Morgan fingerprint density at radius 2 is 1.58 bits per heavy atom. The first-order chi connectivity index (χ1) is 11.1. The molecule has 5 nitrogen and oxygen atoms in total. The molecule has 0 aliphatic carbocycles. The Balaban J connectivity index is 1.93. The first-order valence-electron chi connectivity index (χ1n) is 8.47. The van der Waals surface area contributed by atoms with Crippen LogP contribution in [0.4, 0.5) is 5.69 Å². The molecule has 1 amide bonds. The minimum absolute atomic E-state index is 0.00318. The Hall–Kier alpha value is -1.37. The van der Waals surface area contributed by atoms with E-state index in [0.29, 0.717) is 13.2 Å². The summed E-state index contributed by atoms with van der Waals surface area (Å²) >= 11 is 0. The molecule has 0 bridgehead atoms. The van der Waals surface area contributed by atoms with Gasteiger partial charge in [0.15, 0.2) is 0 Å². The lowest BCUT2D eigenvalue weighted by molar-refractivity contribution is -0.125. The van der Waals surface area contributed by atoms with Gasteiger partial charge in [0.25, 0.3) is 5.91 Å². The maximum atomic E-state index is 12.1. The molecule has 0 aromatic heterocycles. The number of anilines is 1. The summed E-state index contributed by atoms with van der Waals surface area (Å²) in [6.07, 6.45) is 0. The van der Waals surface area contributed by atoms with E-state index in [4.69, 9.17) is 14.0 Å². The van der Waals surface area contributed by atoms with Crippen molar-refractivity contribution in [3.8, 4) is 0 Å². The van der Waals surface area contributed by atoms with E-state index < -0.39 is 0 Å². The zero-order valence-corrected chi connectivity index (χ0v) is 15.4. The van der Waals surface area contributed by atoms with Crippen LogP contribution in [0.2, 0.25) is 0 Å². The normalized spacial score (nSPS) is 23.0. The van der Waals surface area contributed by atoms with Gasteiger partial charge in [-0.2, -0.15) is 0 Å². The fraction of sp³-hybridized carbons (Fsp3) is 0.611. The van der Waals surface area contributed by atoms with Gasteiger partial charge in [0.2, 0.25) is 0 Å². The number of aryl methyl sites for hydroxylation is 2. The van der Waals surface area contributed by atoms with E-state index in [0.717, 1.165) is 22.3 Å². The molecule has 0 N–H and O–H groups in total. The second-order valence-corrected chi connectivity index (χ2v) is 7.68. The van der Waals surface area contributed by atoms with Crippen LogP contribution in [0.5, 0.6) is 0 Å². The van der Waals surface area contributed by atoms with Crippen LogP contribution >= 0.6 is 0 Å². The van der Waals surface area contributed by atoms with E-state index in [1.165, 1.54) is 0 Å². The van der Waals surface area contributed by atoms with Crippen molar-refractivity contribution in [1.29, 1.82) is 0 Å². The molecule has 2 saturated heterocycles. The lowest BCUT2D eigenvalue weighted by Gasteiger charge is -2.32. The van der Waals surface area contributed by atoms with E-state index in [9.17, 15) is 4.79 Å². The molecule has 3 rings (SSSR count). The minimum atomic E-state index is -0.385. The maximum Gasteiger partial charge on any atom is 0.495 e. The van der Waals surface area contributed by atoms with Crippen LogP contribution in [-0.4, -0.2) is 44.0 Å². The largest absolute Gasteiger partial charge is 0.495 e. The third kappa shape index (κ3) is 2.87. The average molecular weight is 331 g/mol. The number of morpholine rings is 1. The van der Waals surface area contributed by atoms with Crippen molar-refractivity contribution in [3.63, 3.8) is 0 Å². The standard InChI is InChI=1S/C18H26BNO4/c1-12-9-14(20-7-8-22-11-15(20)21)10-13(2)16(12)19-23-17(3,4)18(5,6)24-19/h9-10H,7-8,11H2,1-6H3. The number of rotatable bonds is 2. The topological polar surface area (TPSA) is 48.0 Å². The van der Waals surface area contributed by atoms with E-state index in [2.05, 4.69) is 27.7 Å². The number of amides is 1. The third-order valence-electron chi connectivity index (χ3n) is 5.36. The summed E-state index contributed by atoms with van der Waals surface area (Å²) in [6, 6.07) is 4.08. The maximum absolute atomic E-state index is 12.1. The van der Waals surface area contributed by atoms with Crippen molar-refractivity contribution in [2.45, 2.75) is 52.7 Å². The van der Waals surface area contributed by atoms with E-state index >= 15 is 0 Å². The summed E-state index contributed by atoms with van der Waals surface area (Å²) in [6.45, 7) is 13.6. The Morgan fingerprint density at radius 3 is 2.08 bits per heavy atom. The van der Waals surface area contributed by atoms with Crippen molar-refractivity contribution >= 4 is 24.2 Å². The zero-order chi connectivity index (χ0) is 17.7. The van der Waals surface area contributed by atoms with Gasteiger partial charge in [0, 0.05) is 12.2 Å². The van der Waals surface area contributed by atoms with Crippen LogP contribution in [-0.2, 0) is 18.8 Å². The molecule has 0 atom stereocenters. The molecule has 1 aromatic rings. The number of carbonyl (C=O) groups is 1. The summed E-state index contributed by atoms with van der Waals surface area (Å²) in [7, 11) is -0.385. The molecular weight excluding hydrogens is 305 g/mol. The van der Waals surface area contributed by atoms with Crippen molar-refractivity contribution in [3.05, 3.63) is 23.3 Å². The van der Waals surface area contributed by atoms with Crippen LogP contribution < -0.4 is 10.4 Å². The van der Waals surface area contributed by atoms with Crippen LogP contribution in [0, 0.1) is 13.8 Å². The Bertz CT molecular complexity index is 632. The first-order valence-corrected chi connectivity index (χ1v) is 8.47. The second kappa shape index (κ2) is 5.86. The molecule has 1 aromatic carbocycles. The highest BCUT2D eigenvalue weighted by molar-refractivity contribution is 6.63. The molecule has 6 heteroatoms. The lowest BCUT2D eigenvalue weighted by Crippen LogP contribution is -2.43. The summed E-state index contributed by atoms with van der Waals surface area (Å²) in [5.74, 6) is 0.00318. The Kier molecular flexibility index (Phi) is 4.27. The molecule has 2 heterocycles. The van der Waals surface area contributed by atoms with Gasteiger partial charge in [-0.05, 0) is 70.3 Å². The lowest BCUT2D eigenvalue weighted by atomic mass is 9.73. The highest BCUT2D eigenvalue weighted by Crippen LogP contribution is 2.37. The fourth-order valence-electron chi connectivity index (χ4n) is 3.23. The smallest absolute Gasteiger partial charge is 0.399 e. The highest BCUT2D eigenvalue weighted by Gasteiger charge is 2.52. The molecule has 0 radical (unpaired) electrons. The zero-order valence-electron chi connectivity index (χ0n) is 15.4. The Labute approximate surface area is 144 Å². The summed E-state index contributed by atoms with van der Waals surface area (Å²) in [4.78, 5) is 13.9. The number of benzene rings is 1. The van der Waals surface area contributed by atoms with Crippen molar-refractivity contribution in [2.75, 3.05) is 24.7 Å². The monoisotopic (exact) mass is 331 g/mol. The van der Waals surface area contributed by atoms with Crippen molar-refractivity contribution in [1.82, 2.24) is 0 Å². The fourth-order valence-corrected chi connectivity index (χ4v) is 3.23. The van der Waals surface area contributed by atoms with Gasteiger partial charge in [-0.3, -0.25) is 4.79 Å². The highest BCUT2D eigenvalue weighted by atomic mass is 16.7. The number of hydrogen-bond acceptors (Lipinski definition) is 4. The van der Waals surface area contributed by atoms with Crippen LogP contribution in [0.15, 0.2) is 12.1 Å². The van der Waals surface area contributed by atoms with E-state index in [-0.39, 0.29) is 30.8 Å². The average Bonchev–Trinajstić information content (AvgIpc) is 2.66. The molecule has 2 fully saturated rings. The van der Waals surface area contributed by atoms with Gasteiger partial charge >= 0.3 is 7.12 Å². The number of ether oxygens (including phenoxy) is 1. The van der Waals surface area contributed by atoms with Gasteiger partial charge in [0.05, 0.1) is 17.8 Å². The van der Waals surface area contributed by atoms with E-state index in [1.54, 1.807) is 4.90 Å². The molecule has 24 heavy (non-hydrogen) atoms. The summed E-state index contributed by atoms with van der Waals surface area (Å²) in [5.41, 5.74) is 3.38. The van der Waals surface area contributed by atoms with Crippen molar-refractivity contribution in [2.24, 2.45) is 0 Å². The predicted molar refractivity (Wildman–Crippen MR) is 94.8 cm³/mol. The van der Waals surface area contributed by atoms with Crippen LogP contribution in [0.25, 0.3) is 0 Å². The third-order valence-corrected chi connectivity index (χ3v) is 5.36. The van der Waals surface area contributed by atoms with E-state index in [1.807, 2.05) is 26.0 Å². The number of nitrogens with zero attached hydrogens (tertiary/aromatic N) is 1. The number of carbonyl (C=O) groups excluding carboxylic acids is 1. The molecular formula is C18H26BNO4. The van der Waals surface area contributed by atoms with Crippen molar-refractivity contribution < 1.29 is 18.8 Å². The molecule has 2 aliphatic rings. The van der Waals surface area contributed by atoms with Gasteiger partial charge in [-0.1, -0.05) is 0 Å². The number of hydrogen-bond donors (Lipinski definition) is 0. The van der Waals surface area contributed by atoms with Gasteiger partial charge in [-0.15, -0.1) is 0 Å². The predicted octanol–water partition coefficient (Wildman–Crippen LogP) is 1.97. The molecule has 0 spiro atoms. The van der Waals surface area contributed by atoms with Gasteiger partial charge < -0.3 is 18.9 Å². The molecule has 130 valence electrons. The van der Waals surface area contributed by atoms with Crippen LogP contribution in [0.3, 0.4) is 0 Å². The van der Waals surface area contributed by atoms with Crippen LogP contribution in [0.1, 0.15) is 38.8 Å². The minimum Gasteiger partial charge on any atom is -0.399 e. The Morgan fingerprint density at radius 1 is 1.04 bits per heavy atom. The first kappa shape index (κ1) is 17.5. The second-order valence-electron chi connectivity index (χ2n) is 7.68. The molecule has 0 unspecified atom stereocenters.